The fourth-order valence-electron chi connectivity index (χ4n) is 1.62. The van der Waals surface area contributed by atoms with Gasteiger partial charge in [-0.1, -0.05) is 18.2 Å². The number of carbonyl (C=O) groups excluding carboxylic acids is 2. The fraction of sp³-hybridized carbons (Fsp3) is 0.273. The number of urea groups is 1. The van der Waals surface area contributed by atoms with Crippen molar-refractivity contribution in [2.45, 2.75) is 12.8 Å². The van der Waals surface area contributed by atoms with Crippen LogP contribution in [0.1, 0.15) is 12.8 Å². The first kappa shape index (κ1) is 13.3. The number of benzene rings is 1. The molecule has 0 aromatic heterocycles. The van der Waals surface area contributed by atoms with Gasteiger partial charge in [-0.3, -0.25) is 4.79 Å². The molecule has 19 heavy (non-hydrogen) atoms. The van der Waals surface area contributed by atoms with Crippen LogP contribution in [0.25, 0.3) is 0 Å². The molecule has 1 aliphatic rings. The highest BCUT2D eigenvalue weighted by Crippen LogP contribution is 2.33. The number of rotatable bonds is 4. The molecule has 0 unspecified atom stereocenters. The molecule has 1 aromatic carbocycles. The summed E-state index contributed by atoms with van der Waals surface area (Å²) in [4.78, 5) is 22.8. The lowest BCUT2D eigenvalue weighted by molar-refractivity contribution is -0.118. The van der Waals surface area contributed by atoms with Gasteiger partial charge in [0.15, 0.2) is 0 Å². The number of hydrogen-bond donors (Lipinski definition) is 2. The lowest BCUT2D eigenvalue weighted by atomic mass is 10.3. The van der Waals surface area contributed by atoms with Crippen LogP contribution in [0.2, 0.25) is 0 Å². The standard InChI is InChI=1S/C11H13N3O4S/c12-11(16)13-19(17,18)14(10(15)8-6-7-8)9-4-2-1-3-5-9/h1-5,8H,6-7H2,(H3,12,13,16). The summed E-state index contributed by atoms with van der Waals surface area (Å²) < 4.78 is 26.2. The van der Waals surface area contributed by atoms with Gasteiger partial charge in [0.2, 0.25) is 5.91 Å². The number of nitrogens with two attached hydrogens (primary N) is 1. The van der Waals surface area contributed by atoms with E-state index in [1.807, 2.05) is 0 Å². The van der Waals surface area contributed by atoms with Crippen LogP contribution in [0.5, 0.6) is 0 Å². The predicted octanol–water partition coefficient (Wildman–Crippen LogP) is 0.343. The molecule has 3 amide bonds. The number of nitrogens with zero attached hydrogens (tertiary/aromatic N) is 1. The maximum absolute atomic E-state index is 12.1. The Morgan fingerprint density at radius 2 is 1.79 bits per heavy atom. The van der Waals surface area contributed by atoms with E-state index in [-0.39, 0.29) is 11.6 Å². The molecule has 1 saturated carbocycles. The quantitative estimate of drug-likeness (QED) is 0.830. The third-order valence-electron chi connectivity index (χ3n) is 2.59. The molecule has 0 radical (unpaired) electrons. The third-order valence-corrected chi connectivity index (χ3v) is 3.92. The van der Waals surface area contributed by atoms with Crippen molar-refractivity contribution in [3.63, 3.8) is 0 Å². The van der Waals surface area contributed by atoms with Gasteiger partial charge in [-0.2, -0.15) is 12.7 Å². The van der Waals surface area contributed by atoms with Crippen LogP contribution in [0.3, 0.4) is 0 Å². The molecular weight excluding hydrogens is 270 g/mol. The van der Waals surface area contributed by atoms with Crippen molar-refractivity contribution in [3.05, 3.63) is 30.3 Å². The molecule has 0 bridgehead atoms. The topological polar surface area (TPSA) is 110 Å². The Morgan fingerprint density at radius 1 is 1.21 bits per heavy atom. The SMILES string of the molecule is NC(=O)NS(=O)(=O)N(C(=O)C1CC1)c1ccccc1. The first-order chi connectivity index (χ1) is 8.92. The van der Waals surface area contributed by atoms with E-state index in [0.717, 1.165) is 0 Å². The molecule has 0 heterocycles. The van der Waals surface area contributed by atoms with Crippen LogP contribution in [0, 0.1) is 5.92 Å². The van der Waals surface area contributed by atoms with Crippen molar-refractivity contribution in [3.8, 4) is 0 Å². The number of hydrogen-bond acceptors (Lipinski definition) is 4. The minimum atomic E-state index is -4.32. The molecule has 1 aromatic rings. The van der Waals surface area contributed by atoms with Gasteiger partial charge >= 0.3 is 16.2 Å². The van der Waals surface area contributed by atoms with Crippen molar-refractivity contribution < 1.29 is 18.0 Å². The predicted molar refractivity (Wildman–Crippen MR) is 68.3 cm³/mol. The first-order valence-electron chi connectivity index (χ1n) is 5.63. The van der Waals surface area contributed by atoms with Crippen LogP contribution < -0.4 is 14.8 Å². The summed E-state index contributed by atoms with van der Waals surface area (Å²) >= 11 is 0. The number of anilines is 1. The van der Waals surface area contributed by atoms with E-state index in [4.69, 9.17) is 5.73 Å². The Labute approximate surface area is 110 Å². The fourth-order valence-corrected chi connectivity index (χ4v) is 2.75. The third kappa shape index (κ3) is 3.02. The number of carbonyl (C=O) groups is 2. The van der Waals surface area contributed by atoms with Gasteiger partial charge in [-0.15, -0.1) is 0 Å². The summed E-state index contributed by atoms with van der Waals surface area (Å²) in [5.74, 6) is -0.871. The summed E-state index contributed by atoms with van der Waals surface area (Å²) in [6.45, 7) is 0. The lowest BCUT2D eigenvalue weighted by Gasteiger charge is -2.21. The van der Waals surface area contributed by atoms with Gasteiger partial charge in [0.1, 0.15) is 0 Å². The van der Waals surface area contributed by atoms with E-state index in [1.54, 1.807) is 22.9 Å². The summed E-state index contributed by atoms with van der Waals surface area (Å²) in [6, 6.07) is 6.60. The maximum Gasteiger partial charge on any atom is 0.334 e. The normalized spacial score (nSPS) is 14.7. The van der Waals surface area contributed by atoms with Crippen LogP contribution in [0.15, 0.2) is 30.3 Å². The molecule has 102 valence electrons. The first-order valence-corrected chi connectivity index (χ1v) is 7.07. The average Bonchev–Trinajstić information content (AvgIpc) is 3.11. The Morgan fingerprint density at radius 3 is 2.26 bits per heavy atom. The van der Waals surface area contributed by atoms with E-state index in [1.165, 1.54) is 12.1 Å². The molecule has 0 atom stereocenters. The molecule has 1 aliphatic carbocycles. The van der Waals surface area contributed by atoms with Gasteiger partial charge in [0, 0.05) is 5.92 Å². The van der Waals surface area contributed by atoms with Gasteiger partial charge in [0.25, 0.3) is 0 Å². The van der Waals surface area contributed by atoms with Crippen LogP contribution in [-0.2, 0) is 15.0 Å². The summed E-state index contributed by atoms with van der Waals surface area (Å²) in [7, 11) is -4.32. The molecule has 3 N–H and O–H groups in total. The summed E-state index contributed by atoms with van der Waals surface area (Å²) in [5.41, 5.74) is 4.99. The zero-order chi connectivity index (χ0) is 14.0. The average molecular weight is 283 g/mol. The maximum atomic E-state index is 12.1. The molecular formula is C11H13N3O4S. The van der Waals surface area contributed by atoms with E-state index < -0.39 is 22.1 Å². The lowest BCUT2D eigenvalue weighted by Crippen LogP contribution is -2.49. The molecule has 8 heteroatoms. The van der Waals surface area contributed by atoms with Gasteiger partial charge in [-0.25, -0.2) is 9.52 Å². The van der Waals surface area contributed by atoms with Gasteiger partial charge in [0.05, 0.1) is 5.69 Å². The molecule has 2 rings (SSSR count). The van der Waals surface area contributed by atoms with Crippen molar-refractivity contribution >= 4 is 27.8 Å². The zero-order valence-electron chi connectivity index (χ0n) is 9.94. The Balaban J connectivity index is 2.40. The largest absolute Gasteiger partial charge is 0.351 e. The molecule has 7 nitrogen and oxygen atoms in total. The van der Waals surface area contributed by atoms with Crippen molar-refractivity contribution in [2.24, 2.45) is 11.7 Å². The molecule has 0 aliphatic heterocycles. The summed E-state index contributed by atoms with van der Waals surface area (Å²) in [6.07, 6.45) is 1.29. The molecule has 1 fully saturated rings. The Kier molecular flexibility index (Phi) is 3.43. The minimum Gasteiger partial charge on any atom is -0.351 e. The molecule has 0 saturated heterocycles. The highest BCUT2D eigenvalue weighted by Gasteiger charge is 2.40. The summed E-state index contributed by atoms with van der Waals surface area (Å²) in [5, 5.41) is 0. The number of nitrogens with one attached hydrogen (secondary N) is 1. The van der Waals surface area contributed by atoms with Crippen LogP contribution in [0.4, 0.5) is 10.5 Å². The van der Waals surface area contributed by atoms with Gasteiger partial charge in [-0.05, 0) is 25.0 Å². The highest BCUT2D eigenvalue weighted by molar-refractivity contribution is 7.92. The molecule has 0 spiro atoms. The number of primary amides is 1. The van der Waals surface area contributed by atoms with Gasteiger partial charge < -0.3 is 5.73 Å². The van der Waals surface area contributed by atoms with E-state index in [0.29, 0.717) is 17.1 Å². The van der Waals surface area contributed by atoms with E-state index in [2.05, 4.69) is 0 Å². The smallest absolute Gasteiger partial charge is 0.334 e. The Bertz CT molecular complexity index is 596. The zero-order valence-corrected chi connectivity index (χ0v) is 10.8. The number of para-hydroxylation sites is 1. The van der Waals surface area contributed by atoms with E-state index in [9.17, 15) is 18.0 Å². The van der Waals surface area contributed by atoms with Crippen LogP contribution in [-0.4, -0.2) is 20.4 Å². The Hall–Kier alpha value is -2.09. The second-order valence-corrected chi connectivity index (χ2v) is 5.70. The van der Waals surface area contributed by atoms with Crippen LogP contribution >= 0.6 is 0 Å². The monoisotopic (exact) mass is 283 g/mol. The van der Waals surface area contributed by atoms with Crippen molar-refractivity contribution in [2.75, 3.05) is 4.31 Å². The van der Waals surface area contributed by atoms with Crippen molar-refractivity contribution in [1.29, 1.82) is 0 Å². The minimum absolute atomic E-state index is 0.174. The van der Waals surface area contributed by atoms with E-state index >= 15 is 0 Å². The second kappa shape index (κ2) is 4.88. The number of amides is 3. The second-order valence-electron chi connectivity index (χ2n) is 4.18. The highest BCUT2D eigenvalue weighted by atomic mass is 32.2. The van der Waals surface area contributed by atoms with Crippen molar-refractivity contribution in [1.82, 2.24) is 4.72 Å².